The predicted octanol–water partition coefficient (Wildman–Crippen LogP) is 2.23. The van der Waals surface area contributed by atoms with Gasteiger partial charge in [-0.3, -0.25) is 4.79 Å². The second kappa shape index (κ2) is 5.73. The Morgan fingerprint density at radius 1 is 1.43 bits per heavy atom. The Balaban J connectivity index is 1.73. The number of rotatable bonds is 3. The largest absolute Gasteiger partial charge is 0.491 e. The topological polar surface area (TPSA) is 63.2 Å². The molecular formula is C15H17N3O2S. The summed E-state index contributed by atoms with van der Waals surface area (Å²) < 4.78 is 9.92. The van der Waals surface area contributed by atoms with Crippen molar-refractivity contribution in [3.8, 4) is 5.75 Å². The van der Waals surface area contributed by atoms with Gasteiger partial charge in [0.1, 0.15) is 17.4 Å². The van der Waals surface area contributed by atoms with E-state index >= 15 is 0 Å². The first-order valence-electron chi connectivity index (χ1n) is 6.84. The van der Waals surface area contributed by atoms with E-state index in [1.807, 2.05) is 31.2 Å². The van der Waals surface area contributed by atoms with Gasteiger partial charge in [0.25, 0.3) is 5.91 Å². The summed E-state index contributed by atoms with van der Waals surface area (Å²) in [6, 6.07) is 7.91. The third-order valence-electron chi connectivity index (χ3n) is 3.53. The standard InChI is InChI=1S/C15H17N3O2S/c1-9-13(15(16-2)21-18-9)14(19)17-11-7-10-5-3-4-6-12(10)20-8-11/h3-6,11,16H,7-8H2,1-2H3,(H,17,19). The fourth-order valence-electron chi connectivity index (χ4n) is 2.49. The van der Waals surface area contributed by atoms with Crippen LogP contribution in [0, 0.1) is 6.92 Å². The molecule has 0 spiro atoms. The Morgan fingerprint density at radius 2 is 2.24 bits per heavy atom. The summed E-state index contributed by atoms with van der Waals surface area (Å²) in [6.45, 7) is 2.34. The fraction of sp³-hybridized carbons (Fsp3) is 0.333. The van der Waals surface area contributed by atoms with Crippen LogP contribution < -0.4 is 15.4 Å². The first-order valence-corrected chi connectivity index (χ1v) is 7.62. The number of benzene rings is 1. The molecule has 1 unspecified atom stereocenters. The molecule has 1 aromatic carbocycles. The van der Waals surface area contributed by atoms with Gasteiger partial charge < -0.3 is 15.4 Å². The zero-order valence-electron chi connectivity index (χ0n) is 12.0. The number of amides is 1. The molecule has 0 fully saturated rings. The number of ether oxygens (including phenoxy) is 1. The van der Waals surface area contributed by atoms with Crippen molar-refractivity contribution in [3.05, 3.63) is 41.1 Å². The van der Waals surface area contributed by atoms with Gasteiger partial charge in [-0.2, -0.15) is 4.37 Å². The highest BCUT2D eigenvalue weighted by atomic mass is 32.1. The van der Waals surface area contributed by atoms with Crippen LogP contribution in [-0.4, -0.2) is 30.0 Å². The van der Waals surface area contributed by atoms with Crippen LogP contribution in [0.1, 0.15) is 21.6 Å². The molecule has 1 atom stereocenters. The molecule has 2 N–H and O–H groups in total. The van der Waals surface area contributed by atoms with Crippen molar-refractivity contribution in [1.82, 2.24) is 9.69 Å². The van der Waals surface area contributed by atoms with Gasteiger partial charge in [-0.25, -0.2) is 0 Å². The first kappa shape index (κ1) is 13.9. The van der Waals surface area contributed by atoms with Crippen LogP contribution in [-0.2, 0) is 6.42 Å². The van der Waals surface area contributed by atoms with Crippen LogP contribution in [0.25, 0.3) is 0 Å². The van der Waals surface area contributed by atoms with Gasteiger partial charge in [-0.1, -0.05) is 18.2 Å². The van der Waals surface area contributed by atoms with Crippen LogP contribution in [0.4, 0.5) is 5.00 Å². The van der Waals surface area contributed by atoms with Crippen LogP contribution >= 0.6 is 11.5 Å². The molecule has 21 heavy (non-hydrogen) atoms. The highest BCUT2D eigenvalue weighted by Crippen LogP contribution is 2.26. The number of nitrogens with zero attached hydrogens (tertiary/aromatic N) is 1. The molecule has 1 aromatic heterocycles. The zero-order chi connectivity index (χ0) is 14.8. The summed E-state index contributed by atoms with van der Waals surface area (Å²) in [5, 5.41) is 6.85. The maximum absolute atomic E-state index is 12.4. The normalized spacial score (nSPS) is 16.8. The lowest BCUT2D eigenvalue weighted by Crippen LogP contribution is -2.42. The highest BCUT2D eigenvalue weighted by molar-refractivity contribution is 7.10. The Hall–Kier alpha value is -2.08. The van der Waals surface area contributed by atoms with Gasteiger partial charge in [-0.15, -0.1) is 0 Å². The Labute approximate surface area is 127 Å². The molecule has 0 saturated heterocycles. The molecule has 1 amide bonds. The van der Waals surface area contributed by atoms with Crippen LogP contribution in [0.5, 0.6) is 5.75 Å². The van der Waals surface area contributed by atoms with Crippen molar-refractivity contribution in [2.75, 3.05) is 19.0 Å². The summed E-state index contributed by atoms with van der Waals surface area (Å²) in [4.78, 5) is 12.4. The Morgan fingerprint density at radius 3 is 3.05 bits per heavy atom. The molecule has 0 bridgehead atoms. The molecule has 5 nitrogen and oxygen atoms in total. The third-order valence-corrected chi connectivity index (χ3v) is 4.49. The molecule has 3 rings (SSSR count). The monoisotopic (exact) mass is 303 g/mol. The smallest absolute Gasteiger partial charge is 0.256 e. The summed E-state index contributed by atoms with van der Waals surface area (Å²) in [5.41, 5.74) is 2.50. The fourth-order valence-corrected chi connectivity index (χ4v) is 3.23. The quantitative estimate of drug-likeness (QED) is 0.912. The minimum Gasteiger partial charge on any atom is -0.491 e. The van der Waals surface area contributed by atoms with E-state index in [-0.39, 0.29) is 11.9 Å². The van der Waals surface area contributed by atoms with Gasteiger partial charge in [-0.05, 0) is 36.5 Å². The summed E-state index contributed by atoms with van der Waals surface area (Å²) in [5.74, 6) is 0.811. The number of carbonyl (C=O) groups excluding carboxylic acids is 1. The molecule has 1 aliphatic heterocycles. The summed E-state index contributed by atoms with van der Waals surface area (Å²) in [6.07, 6.45) is 0.785. The number of anilines is 1. The van der Waals surface area contributed by atoms with Gasteiger partial charge in [0, 0.05) is 7.05 Å². The van der Waals surface area contributed by atoms with Gasteiger partial charge in [0.15, 0.2) is 0 Å². The SMILES string of the molecule is CNc1snc(C)c1C(=O)NC1COc2ccccc2C1. The number of carbonyl (C=O) groups is 1. The van der Waals surface area contributed by atoms with Crippen molar-refractivity contribution in [2.24, 2.45) is 0 Å². The zero-order valence-corrected chi connectivity index (χ0v) is 12.8. The lowest BCUT2D eigenvalue weighted by molar-refractivity contribution is 0.0916. The van der Waals surface area contributed by atoms with E-state index in [9.17, 15) is 4.79 Å². The van der Waals surface area contributed by atoms with Crippen molar-refractivity contribution in [2.45, 2.75) is 19.4 Å². The first-order chi connectivity index (χ1) is 10.2. The van der Waals surface area contributed by atoms with Gasteiger partial charge >= 0.3 is 0 Å². The maximum Gasteiger partial charge on any atom is 0.256 e. The molecule has 1 aliphatic rings. The van der Waals surface area contributed by atoms with Gasteiger partial charge in [0.2, 0.25) is 0 Å². The van der Waals surface area contributed by atoms with E-state index in [2.05, 4.69) is 15.0 Å². The van der Waals surface area contributed by atoms with Crippen molar-refractivity contribution in [1.29, 1.82) is 0 Å². The number of aryl methyl sites for hydroxylation is 1. The molecular weight excluding hydrogens is 286 g/mol. The molecule has 2 heterocycles. The van der Waals surface area contributed by atoms with E-state index < -0.39 is 0 Å². The lowest BCUT2D eigenvalue weighted by atomic mass is 10.0. The van der Waals surface area contributed by atoms with Crippen molar-refractivity contribution < 1.29 is 9.53 Å². The Bertz CT molecular complexity index is 669. The number of hydrogen-bond donors (Lipinski definition) is 2. The molecule has 0 radical (unpaired) electrons. The van der Waals surface area contributed by atoms with Gasteiger partial charge in [0.05, 0.1) is 17.3 Å². The molecule has 110 valence electrons. The second-order valence-corrected chi connectivity index (χ2v) is 5.79. The van der Waals surface area contributed by atoms with Crippen LogP contribution in [0.15, 0.2) is 24.3 Å². The summed E-state index contributed by atoms with van der Waals surface area (Å²) in [7, 11) is 1.80. The Kier molecular flexibility index (Phi) is 3.79. The number of para-hydroxylation sites is 1. The van der Waals surface area contributed by atoms with Crippen LogP contribution in [0.3, 0.4) is 0 Å². The third kappa shape index (κ3) is 2.71. The molecule has 6 heteroatoms. The average Bonchev–Trinajstić information content (AvgIpc) is 2.88. The maximum atomic E-state index is 12.4. The number of aromatic nitrogens is 1. The predicted molar refractivity (Wildman–Crippen MR) is 83.3 cm³/mol. The average molecular weight is 303 g/mol. The van der Waals surface area contributed by atoms with E-state index in [0.717, 1.165) is 28.4 Å². The molecule has 0 saturated carbocycles. The molecule has 0 aliphatic carbocycles. The summed E-state index contributed by atoms with van der Waals surface area (Å²) >= 11 is 1.30. The number of hydrogen-bond acceptors (Lipinski definition) is 5. The molecule has 2 aromatic rings. The highest BCUT2D eigenvalue weighted by Gasteiger charge is 2.24. The van der Waals surface area contributed by atoms with Crippen LogP contribution in [0.2, 0.25) is 0 Å². The number of nitrogens with one attached hydrogen (secondary N) is 2. The van der Waals surface area contributed by atoms with E-state index in [1.54, 1.807) is 7.05 Å². The van der Waals surface area contributed by atoms with Crippen molar-refractivity contribution >= 4 is 22.4 Å². The van der Waals surface area contributed by atoms with E-state index in [4.69, 9.17) is 4.74 Å². The van der Waals surface area contributed by atoms with E-state index in [0.29, 0.717) is 12.2 Å². The number of fused-ring (bicyclic) bond motifs is 1. The van der Waals surface area contributed by atoms with Crippen molar-refractivity contribution in [3.63, 3.8) is 0 Å². The van der Waals surface area contributed by atoms with E-state index in [1.165, 1.54) is 11.5 Å². The minimum atomic E-state index is -0.0985. The second-order valence-electron chi connectivity index (χ2n) is 5.02. The lowest BCUT2D eigenvalue weighted by Gasteiger charge is -2.26. The minimum absolute atomic E-state index is 0.0172.